The van der Waals surface area contributed by atoms with E-state index in [1.54, 1.807) is 24.3 Å². The largest absolute Gasteiger partial charge is 0.494 e. The molecule has 1 fully saturated rings. The Labute approximate surface area is 178 Å². The molecule has 0 saturated heterocycles. The van der Waals surface area contributed by atoms with Crippen molar-refractivity contribution in [2.75, 3.05) is 19.8 Å². The minimum atomic E-state index is -0.650. The number of rotatable bonds is 10. The van der Waals surface area contributed by atoms with Gasteiger partial charge in [-0.25, -0.2) is 0 Å². The summed E-state index contributed by atoms with van der Waals surface area (Å²) in [7, 11) is 0. The molecule has 0 bridgehead atoms. The van der Waals surface area contributed by atoms with Gasteiger partial charge in [0.05, 0.1) is 6.61 Å². The van der Waals surface area contributed by atoms with E-state index in [9.17, 15) is 14.4 Å². The van der Waals surface area contributed by atoms with Crippen molar-refractivity contribution in [1.29, 1.82) is 0 Å². The quantitative estimate of drug-likeness (QED) is 0.450. The summed E-state index contributed by atoms with van der Waals surface area (Å²) in [6.45, 7) is 6.43. The lowest BCUT2D eigenvalue weighted by Gasteiger charge is -2.34. The van der Waals surface area contributed by atoms with Crippen LogP contribution in [0.4, 0.5) is 0 Å². The minimum Gasteiger partial charge on any atom is -0.494 e. The summed E-state index contributed by atoms with van der Waals surface area (Å²) in [6, 6.07) is 6.85. The number of amides is 2. The molecule has 2 amide bonds. The van der Waals surface area contributed by atoms with Gasteiger partial charge < -0.3 is 20.1 Å². The predicted octanol–water partition coefficient (Wildman–Crippen LogP) is 3.08. The molecule has 30 heavy (non-hydrogen) atoms. The van der Waals surface area contributed by atoms with Gasteiger partial charge >= 0.3 is 5.97 Å². The summed E-state index contributed by atoms with van der Waals surface area (Å²) >= 11 is 0. The maximum absolute atomic E-state index is 12.1. The molecular weight excluding hydrogens is 384 g/mol. The molecule has 0 heterocycles. The summed E-state index contributed by atoms with van der Waals surface area (Å²) in [5.41, 5.74) is 0.420. The first-order valence-corrected chi connectivity index (χ1v) is 10.9. The van der Waals surface area contributed by atoms with Crippen LogP contribution in [0.25, 0.3) is 0 Å². The van der Waals surface area contributed by atoms with Crippen molar-refractivity contribution < 1.29 is 23.9 Å². The zero-order chi connectivity index (χ0) is 21.9. The van der Waals surface area contributed by atoms with E-state index in [0.29, 0.717) is 29.8 Å². The van der Waals surface area contributed by atoms with Crippen molar-refractivity contribution in [3.05, 3.63) is 29.8 Å². The monoisotopic (exact) mass is 418 g/mol. The van der Waals surface area contributed by atoms with E-state index in [4.69, 9.17) is 9.47 Å². The molecule has 1 aromatic carbocycles. The number of hydrogen-bond donors (Lipinski definition) is 2. The van der Waals surface area contributed by atoms with Gasteiger partial charge in [-0.15, -0.1) is 0 Å². The van der Waals surface area contributed by atoms with Crippen LogP contribution in [0.15, 0.2) is 24.3 Å². The first-order valence-electron chi connectivity index (χ1n) is 10.9. The standard InChI is InChI=1S/C23H34N2O5/c1-4-5-13-29-19-11-9-18(10-12-19)23(28)24-14-22(27)30-15-21(26)25-20-8-6-7-16(2)17(20)3/h9-12,16-17,20H,4-8,13-15H2,1-3H3,(H,24,28)(H,25,26)/t16-,17+,20-/m1/s1. The molecule has 0 radical (unpaired) electrons. The summed E-state index contributed by atoms with van der Waals surface area (Å²) in [4.78, 5) is 36.1. The molecule has 1 saturated carbocycles. The number of benzene rings is 1. The van der Waals surface area contributed by atoms with Crippen molar-refractivity contribution >= 4 is 17.8 Å². The van der Waals surface area contributed by atoms with Crippen LogP contribution >= 0.6 is 0 Å². The van der Waals surface area contributed by atoms with Crippen LogP contribution in [0.5, 0.6) is 5.75 Å². The Kier molecular flexibility index (Phi) is 9.64. The Bertz CT molecular complexity index is 704. The highest BCUT2D eigenvalue weighted by molar-refractivity contribution is 5.96. The summed E-state index contributed by atoms with van der Waals surface area (Å²) in [6.07, 6.45) is 5.24. The molecule has 1 aliphatic carbocycles. The molecular formula is C23H34N2O5. The second-order valence-electron chi connectivity index (χ2n) is 8.01. The fourth-order valence-corrected chi connectivity index (χ4v) is 3.52. The molecule has 166 valence electrons. The molecule has 7 heteroatoms. The molecule has 2 rings (SSSR count). The average Bonchev–Trinajstić information content (AvgIpc) is 2.74. The summed E-state index contributed by atoms with van der Waals surface area (Å²) in [5, 5.41) is 5.46. The zero-order valence-electron chi connectivity index (χ0n) is 18.2. The maximum atomic E-state index is 12.1. The van der Waals surface area contributed by atoms with Crippen LogP contribution in [0.2, 0.25) is 0 Å². The SMILES string of the molecule is CCCCOc1ccc(C(=O)NCC(=O)OCC(=O)N[C@@H]2CCC[C@@H](C)[C@@H]2C)cc1. The summed E-state index contributed by atoms with van der Waals surface area (Å²) in [5.74, 6) is 0.330. The Morgan fingerprint density at radius 1 is 1.10 bits per heavy atom. The van der Waals surface area contributed by atoms with Gasteiger partial charge in [-0.05, 0) is 48.9 Å². The van der Waals surface area contributed by atoms with Gasteiger partial charge in [0.2, 0.25) is 0 Å². The van der Waals surface area contributed by atoms with Crippen LogP contribution in [0.1, 0.15) is 63.2 Å². The van der Waals surface area contributed by atoms with Crippen LogP contribution < -0.4 is 15.4 Å². The number of carbonyl (C=O) groups is 3. The Balaban J connectivity index is 1.67. The molecule has 0 spiro atoms. The number of hydrogen-bond acceptors (Lipinski definition) is 5. The smallest absolute Gasteiger partial charge is 0.325 e. The summed E-state index contributed by atoms with van der Waals surface area (Å²) < 4.78 is 10.5. The van der Waals surface area contributed by atoms with Crippen LogP contribution in [-0.2, 0) is 14.3 Å². The van der Waals surface area contributed by atoms with Gasteiger partial charge in [-0.3, -0.25) is 14.4 Å². The number of nitrogens with one attached hydrogen (secondary N) is 2. The number of ether oxygens (including phenoxy) is 2. The highest BCUT2D eigenvalue weighted by atomic mass is 16.5. The van der Waals surface area contributed by atoms with Gasteiger partial charge in [0.15, 0.2) is 6.61 Å². The molecule has 2 N–H and O–H groups in total. The molecule has 7 nitrogen and oxygen atoms in total. The number of unbranched alkanes of at least 4 members (excludes halogenated alkanes) is 1. The average molecular weight is 419 g/mol. The topological polar surface area (TPSA) is 93.7 Å². The van der Waals surface area contributed by atoms with Crippen LogP contribution in [0, 0.1) is 11.8 Å². The van der Waals surface area contributed by atoms with E-state index >= 15 is 0 Å². The lowest BCUT2D eigenvalue weighted by Crippen LogP contribution is -2.45. The number of carbonyl (C=O) groups excluding carboxylic acids is 3. The van der Waals surface area contributed by atoms with Gasteiger partial charge in [-0.1, -0.05) is 40.0 Å². The van der Waals surface area contributed by atoms with Crippen LogP contribution in [0.3, 0.4) is 0 Å². The third-order valence-corrected chi connectivity index (χ3v) is 5.69. The fourth-order valence-electron chi connectivity index (χ4n) is 3.52. The lowest BCUT2D eigenvalue weighted by molar-refractivity contribution is -0.147. The predicted molar refractivity (Wildman–Crippen MR) is 114 cm³/mol. The Morgan fingerprint density at radius 3 is 2.53 bits per heavy atom. The van der Waals surface area contributed by atoms with Crippen molar-refractivity contribution in [3.63, 3.8) is 0 Å². The Hall–Kier alpha value is -2.57. The molecule has 1 aliphatic rings. The highest BCUT2D eigenvalue weighted by Gasteiger charge is 2.28. The molecule has 0 aromatic heterocycles. The van der Waals surface area contributed by atoms with Crippen molar-refractivity contribution in [3.8, 4) is 5.75 Å². The normalized spacial score (nSPS) is 20.8. The van der Waals surface area contributed by atoms with E-state index in [1.807, 2.05) is 0 Å². The van der Waals surface area contributed by atoms with E-state index in [-0.39, 0.29) is 31.0 Å². The van der Waals surface area contributed by atoms with E-state index < -0.39 is 5.97 Å². The lowest BCUT2D eigenvalue weighted by atomic mass is 9.78. The first kappa shape index (κ1) is 23.7. The molecule has 3 atom stereocenters. The first-order chi connectivity index (χ1) is 14.4. The highest BCUT2D eigenvalue weighted by Crippen LogP contribution is 2.29. The molecule has 0 aliphatic heterocycles. The fraction of sp³-hybridized carbons (Fsp3) is 0.609. The van der Waals surface area contributed by atoms with Crippen molar-refractivity contribution in [1.82, 2.24) is 10.6 Å². The Morgan fingerprint density at radius 2 is 1.83 bits per heavy atom. The third-order valence-electron chi connectivity index (χ3n) is 5.69. The minimum absolute atomic E-state index is 0.119. The second-order valence-corrected chi connectivity index (χ2v) is 8.01. The molecule has 0 unspecified atom stereocenters. The van der Waals surface area contributed by atoms with Gasteiger partial charge in [0.1, 0.15) is 12.3 Å². The van der Waals surface area contributed by atoms with E-state index in [0.717, 1.165) is 25.7 Å². The zero-order valence-corrected chi connectivity index (χ0v) is 18.2. The van der Waals surface area contributed by atoms with E-state index in [2.05, 4.69) is 31.4 Å². The van der Waals surface area contributed by atoms with Crippen LogP contribution in [-0.4, -0.2) is 43.6 Å². The van der Waals surface area contributed by atoms with Crippen molar-refractivity contribution in [2.24, 2.45) is 11.8 Å². The van der Waals surface area contributed by atoms with E-state index in [1.165, 1.54) is 6.42 Å². The van der Waals surface area contributed by atoms with Gasteiger partial charge in [0, 0.05) is 11.6 Å². The van der Waals surface area contributed by atoms with Gasteiger partial charge in [-0.2, -0.15) is 0 Å². The van der Waals surface area contributed by atoms with Gasteiger partial charge in [0.25, 0.3) is 11.8 Å². The molecule has 1 aromatic rings. The number of esters is 1. The third kappa shape index (κ3) is 7.69. The second kappa shape index (κ2) is 12.2. The maximum Gasteiger partial charge on any atom is 0.325 e. The van der Waals surface area contributed by atoms with Crippen molar-refractivity contribution in [2.45, 2.75) is 58.9 Å².